The SMILES string of the molecule is CC(=O)SC(CC(=O)OCc1ccccc1)Cc1ccc(-c2ccccc2)cc1. The molecule has 1 atom stereocenters. The minimum atomic E-state index is -0.284. The van der Waals surface area contributed by atoms with Gasteiger partial charge in [0, 0.05) is 12.2 Å². The Morgan fingerprint density at radius 3 is 2.00 bits per heavy atom. The van der Waals surface area contributed by atoms with Crippen LogP contribution in [0.2, 0.25) is 0 Å². The van der Waals surface area contributed by atoms with Crippen LogP contribution in [0.5, 0.6) is 0 Å². The maximum Gasteiger partial charge on any atom is 0.307 e. The quantitative estimate of drug-likeness (QED) is 0.453. The van der Waals surface area contributed by atoms with Crippen LogP contribution in [0.3, 0.4) is 0 Å². The van der Waals surface area contributed by atoms with Gasteiger partial charge >= 0.3 is 5.97 Å². The summed E-state index contributed by atoms with van der Waals surface area (Å²) >= 11 is 1.21. The summed E-state index contributed by atoms with van der Waals surface area (Å²) in [5, 5.41) is -0.134. The molecule has 0 aromatic heterocycles. The average molecular weight is 405 g/mol. The molecule has 0 aliphatic heterocycles. The lowest BCUT2D eigenvalue weighted by Crippen LogP contribution is -2.17. The summed E-state index contributed by atoms with van der Waals surface area (Å²) in [6.45, 7) is 1.79. The topological polar surface area (TPSA) is 43.4 Å². The second kappa shape index (κ2) is 10.6. The number of hydrogen-bond acceptors (Lipinski definition) is 4. The lowest BCUT2D eigenvalue weighted by Gasteiger charge is -2.15. The molecule has 0 N–H and O–H groups in total. The summed E-state index contributed by atoms with van der Waals surface area (Å²) in [5.41, 5.74) is 4.36. The molecule has 3 aromatic carbocycles. The number of carbonyl (C=O) groups excluding carboxylic acids is 2. The van der Waals surface area contributed by atoms with Gasteiger partial charge in [-0.15, -0.1) is 0 Å². The number of benzene rings is 3. The average Bonchev–Trinajstić information content (AvgIpc) is 2.74. The molecule has 0 saturated carbocycles. The van der Waals surface area contributed by atoms with Crippen molar-refractivity contribution in [2.45, 2.75) is 31.6 Å². The van der Waals surface area contributed by atoms with Crippen LogP contribution in [0.15, 0.2) is 84.9 Å². The first-order valence-corrected chi connectivity index (χ1v) is 10.5. The highest BCUT2D eigenvalue weighted by Crippen LogP contribution is 2.24. The number of hydrogen-bond donors (Lipinski definition) is 0. The molecule has 0 spiro atoms. The molecule has 1 unspecified atom stereocenters. The van der Waals surface area contributed by atoms with E-state index in [4.69, 9.17) is 4.74 Å². The van der Waals surface area contributed by atoms with E-state index in [1.54, 1.807) is 0 Å². The first-order chi connectivity index (χ1) is 14.1. The fourth-order valence-electron chi connectivity index (χ4n) is 3.10. The molecule has 0 fully saturated rings. The Morgan fingerprint density at radius 1 is 0.793 bits per heavy atom. The minimum Gasteiger partial charge on any atom is -0.461 e. The Hall–Kier alpha value is -2.85. The highest BCUT2D eigenvalue weighted by molar-refractivity contribution is 8.14. The number of carbonyl (C=O) groups is 2. The predicted molar refractivity (Wildman–Crippen MR) is 118 cm³/mol. The zero-order valence-corrected chi connectivity index (χ0v) is 17.2. The van der Waals surface area contributed by atoms with Crippen LogP contribution < -0.4 is 0 Å². The zero-order chi connectivity index (χ0) is 20.5. The maximum atomic E-state index is 12.3. The van der Waals surface area contributed by atoms with Gasteiger partial charge < -0.3 is 4.74 Å². The predicted octanol–water partition coefficient (Wildman–Crippen LogP) is 5.68. The molecule has 0 amide bonds. The fourth-order valence-corrected chi connectivity index (χ4v) is 4.06. The van der Waals surface area contributed by atoms with Crippen molar-refractivity contribution in [2.24, 2.45) is 0 Å². The molecule has 4 heteroatoms. The van der Waals surface area contributed by atoms with Gasteiger partial charge in [0.2, 0.25) is 0 Å². The van der Waals surface area contributed by atoms with Crippen LogP contribution in [-0.4, -0.2) is 16.3 Å². The van der Waals surface area contributed by atoms with Crippen molar-refractivity contribution >= 4 is 22.8 Å². The van der Waals surface area contributed by atoms with Gasteiger partial charge in [0.05, 0.1) is 6.42 Å². The van der Waals surface area contributed by atoms with Crippen LogP contribution in [-0.2, 0) is 27.4 Å². The smallest absolute Gasteiger partial charge is 0.307 e. The molecule has 0 heterocycles. The van der Waals surface area contributed by atoms with E-state index in [0.29, 0.717) is 6.42 Å². The first-order valence-electron chi connectivity index (χ1n) is 9.61. The Balaban J connectivity index is 1.59. The highest BCUT2D eigenvalue weighted by Gasteiger charge is 2.18. The molecule has 0 radical (unpaired) electrons. The van der Waals surface area contributed by atoms with Crippen LogP contribution in [0.25, 0.3) is 11.1 Å². The normalized spacial score (nSPS) is 11.6. The molecule has 0 saturated heterocycles. The molecule has 0 bridgehead atoms. The number of esters is 1. The second-order valence-electron chi connectivity index (χ2n) is 6.85. The zero-order valence-electron chi connectivity index (χ0n) is 16.4. The van der Waals surface area contributed by atoms with Gasteiger partial charge in [-0.25, -0.2) is 0 Å². The van der Waals surface area contributed by atoms with Crippen molar-refractivity contribution in [3.8, 4) is 11.1 Å². The molecule has 0 aliphatic carbocycles. The van der Waals surface area contributed by atoms with Gasteiger partial charge in [0.1, 0.15) is 6.61 Å². The second-order valence-corrected chi connectivity index (χ2v) is 8.33. The summed E-state index contributed by atoms with van der Waals surface area (Å²) in [6.07, 6.45) is 0.845. The Bertz CT molecular complexity index is 921. The molecule has 148 valence electrons. The van der Waals surface area contributed by atoms with Crippen molar-refractivity contribution in [2.75, 3.05) is 0 Å². The van der Waals surface area contributed by atoms with Crippen molar-refractivity contribution in [3.63, 3.8) is 0 Å². The molecular formula is C25H24O3S. The molecular weight excluding hydrogens is 380 g/mol. The molecule has 0 aliphatic rings. The Kier molecular flexibility index (Phi) is 7.65. The number of thioether (sulfide) groups is 1. The minimum absolute atomic E-state index is 0.00626. The third kappa shape index (κ3) is 6.91. The summed E-state index contributed by atoms with van der Waals surface area (Å²) < 4.78 is 5.39. The van der Waals surface area contributed by atoms with E-state index in [2.05, 4.69) is 36.4 Å². The monoisotopic (exact) mass is 404 g/mol. The lowest BCUT2D eigenvalue weighted by molar-refractivity contribution is -0.144. The van der Waals surface area contributed by atoms with Gasteiger partial charge in [-0.1, -0.05) is 96.7 Å². The summed E-state index contributed by atoms with van der Waals surface area (Å²) in [5.74, 6) is -0.284. The third-order valence-electron chi connectivity index (χ3n) is 4.49. The van der Waals surface area contributed by atoms with Gasteiger partial charge in [-0.05, 0) is 28.7 Å². The Morgan fingerprint density at radius 2 is 1.38 bits per heavy atom. The van der Waals surface area contributed by atoms with Crippen molar-refractivity contribution in [1.82, 2.24) is 0 Å². The van der Waals surface area contributed by atoms with Crippen LogP contribution in [0, 0.1) is 0 Å². The third-order valence-corrected chi connectivity index (χ3v) is 5.49. The molecule has 3 aromatic rings. The van der Waals surface area contributed by atoms with Crippen LogP contribution in [0.4, 0.5) is 0 Å². The summed E-state index contributed by atoms with van der Waals surface area (Å²) in [7, 11) is 0. The van der Waals surface area contributed by atoms with E-state index in [9.17, 15) is 9.59 Å². The van der Waals surface area contributed by atoms with Crippen molar-refractivity contribution in [1.29, 1.82) is 0 Å². The van der Waals surface area contributed by atoms with E-state index in [-0.39, 0.29) is 29.4 Å². The van der Waals surface area contributed by atoms with Crippen LogP contribution in [0.1, 0.15) is 24.5 Å². The van der Waals surface area contributed by atoms with Crippen molar-refractivity contribution in [3.05, 3.63) is 96.1 Å². The van der Waals surface area contributed by atoms with Gasteiger partial charge in [0.25, 0.3) is 0 Å². The Labute approximate surface area is 176 Å². The molecule has 3 nitrogen and oxygen atoms in total. The molecule has 29 heavy (non-hydrogen) atoms. The molecule has 3 rings (SSSR count). The summed E-state index contributed by atoms with van der Waals surface area (Å²) in [4.78, 5) is 23.9. The van der Waals surface area contributed by atoms with Gasteiger partial charge in [-0.2, -0.15) is 0 Å². The fraction of sp³-hybridized carbons (Fsp3) is 0.200. The number of ether oxygens (including phenoxy) is 1. The highest BCUT2D eigenvalue weighted by atomic mass is 32.2. The lowest BCUT2D eigenvalue weighted by atomic mass is 10.0. The standard InChI is InChI=1S/C25H24O3S/c1-19(26)29-24(17-25(27)28-18-21-8-4-2-5-9-21)16-20-12-14-23(15-13-20)22-10-6-3-7-11-22/h2-15,24H,16-18H2,1H3. The van der Waals surface area contributed by atoms with E-state index < -0.39 is 0 Å². The van der Waals surface area contributed by atoms with Gasteiger partial charge in [-0.3, -0.25) is 9.59 Å². The van der Waals surface area contributed by atoms with E-state index >= 15 is 0 Å². The van der Waals surface area contributed by atoms with E-state index in [0.717, 1.165) is 16.7 Å². The van der Waals surface area contributed by atoms with Gasteiger partial charge in [0.15, 0.2) is 5.12 Å². The maximum absolute atomic E-state index is 12.3. The first kappa shape index (κ1) is 20.9. The largest absolute Gasteiger partial charge is 0.461 e. The summed E-state index contributed by atoms with van der Waals surface area (Å²) in [6, 6.07) is 28.1. The van der Waals surface area contributed by atoms with Crippen molar-refractivity contribution < 1.29 is 14.3 Å². The van der Waals surface area contributed by atoms with E-state index in [1.807, 2.05) is 48.5 Å². The van der Waals surface area contributed by atoms with Crippen LogP contribution >= 0.6 is 11.8 Å². The van der Waals surface area contributed by atoms with E-state index in [1.165, 1.54) is 24.2 Å². The number of rotatable bonds is 8.